The number of hydrogen-bond acceptors (Lipinski definition) is 4. The van der Waals surface area contributed by atoms with Crippen LogP contribution in [-0.2, 0) is 9.47 Å². The SMILES string of the molecule is CC1(C)O[C@@H]2[C@H](O1)[C@@H](O)C=C[C@H]2O. The summed E-state index contributed by atoms with van der Waals surface area (Å²) in [5.74, 6) is -0.719. The van der Waals surface area contributed by atoms with Gasteiger partial charge >= 0.3 is 0 Å². The molecule has 1 fully saturated rings. The minimum Gasteiger partial charge on any atom is -0.386 e. The van der Waals surface area contributed by atoms with E-state index >= 15 is 0 Å². The lowest BCUT2D eigenvalue weighted by atomic mass is 9.97. The van der Waals surface area contributed by atoms with E-state index in [-0.39, 0.29) is 0 Å². The van der Waals surface area contributed by atoms with E-state index < -0.39 is 30.2 Å². The van der Waals surface area contributed by atoms with Gasteiger partial charge in [0.2, 0.25) is 0 Å². The third-order valence-electron chi connectivity index (χ3n) is 2.34. The summed E-state index contributed by atoms with van der Waals surface area (Å²) in [6.45, 7) is 3.54. The van der Waals surface area contributed by atoms with Crippen molar-refractivity contribution in [1.82, 2.24) is 0 Å². The molecular formula is C9H14O4. The minimum absolute atomic E-state index is 0.449. The molecule has 2 aliphatic rings. The lowest BCUT2D eigenvalue weighted by Gasteiger charge is -2.26. The summed E-state index contributed by atoms with van der Waals surface area (Å²) >= 11 is 0. The quantitative estimate of drug-likeness (QED) is 0.514. The summed E-state index contributed by atoms with van der Waals surface area (Å²) in [4.78, 5) is 0. The van der Waals surface area contributed by atoms with Crippen LogP contribution in [0.4, 0.5) is 0 Å². The Labute approximate surface area is 76.8 Å². The highest BCUT2D eigenvalue weighted by atomic mass is 16.8. The van der Waals surface area contributed by atoms with Crippen molar-refractivity contribution in [2.45, 2.75) is 44.1 Å². The van der Waals surface area contributed by atoms with Gasteiger partial charge in [-0.1, -0.05) is 12.2 Å². The number of aliphatic hydroxyl groups is 2. The van der Waals surface area contributed by atoms with E-state index in [4.69, 9.17) is 9.47 Å². The molecule has 0 unspecified atom stereocenters. The zero-order valence-corrected chi connectivity index (χ0v) is 7.68. The van der Waals surface area contributed by atoms with Crippen LogP contribution in [0.5, 0.6) is 0 Å². The van der Waals surface area contributed by atoms with Crippen LogP contribution in [-0.4, -0.2) is 40.4 Å². The van der Waals surface area contributed by atoms with Crippen LogP contribution in [0, 0.1) is 0 Å². The molecule has 2 rings (SSSR count). The molecule has 0 aromatic carbocycles. The molecule has 4 heteroatoms. The van der Waals surface area contributed by atoms with Crippen molar-refractivity contribution >= 4 is 0 Å². The van der Waals surface area contributed by atoms with Crippen molar-refractivity contribution in [2.24, 2.45) is 0 Å². The molecule has 0 spiro atoms. The first-order valence-corrected chi connectivity index (χ1v) is 4.40. The number of aliphatic hydroxyl groups excluding tert-OH is 2. The summed E-state index contributed by atoms with van der Waals surface area (Å²) in [5, 5.41) is 19.1. The maximum Gasteiger partial charge on any atom is 0.164 e. The second-order valence-electron chi connectivity index (χ2n) is 3.93. The van der Waals surface area contributed by atoms with Crippen molar-refractivity contribution in [3.8, 4) is 0 Å². The fraction of sp³-hybridized carbons (Fsp3) is 0.778. The number of ether oxygens (including phenoxy) is 2. The monoisotopic (exact) mass is 186 g/mol. The van der Waals surface area contributed by atoms with Gasteiger partial charge in [-0.05, 0) is 13.8 Å². The van der Waals surface area contributed by atoms with Gasteiger partial charge < -0.3 is 19.7 Å². The zero-order chi connectivity index (χ0) is 9.64. The molecule has 1 heterocycles. The first-order chi connectivity index (χ1) is 5.99. The number of fused-ring (bicyclic) bond motifs is 1. The third-order valence-corrected chi connectivity index (χ3v) is 2.34. The van der Waals surface area contributed by atoms with Crippen LogP contribution in [0.2, 0.25) is 0 Å². The molecule has 0 aromatic rings. The molecule has 13 heavy (non-hydrogen) atoms. The van der Waals surface area contributed by atoms with Crippen molar-refractivity contribution in [1.29, 1.82) is 0 Å². The molecule has 4 nitrogen and oxygen atoms in total. The Morgan fingerprint density at radius 2 is 1.38 bits per heavy atom. The molecule has 0 saturated carbocycles. The first kappa shape index (κ1) is 9.15. The first-order valence-electron chi connectivity index (χ1n) is 4.40. The highest BCUT2D eigenvalue weighted by molar-refractivity contribution is 5.10. The van der Waals surface area contributed by atoms with Crippen molar-refractivity contribution in [3.05, 3.63) is 12.2 Å². The van der Waals surface area contributed by atoms with Crippen molar-refractivity contribution < 1.29 is 19.7 Å². The van der Waals surface area contributed by atoms with Crippen LogP contribution < -0.4 is 0 Å². The van der Waals surface area contributed by atoms with E-state index in [9.17, 15) is 10.2 Å². The molecule has 1 aliphatic carbocycles. The lowest BCUT2D eigenvalue weighted by Crippen LogP contribution is -2.44. The summed E-state index contributed by atoms with van der Waals surface area (Å²) in [6.07, 6.45) is 0.808. The summed E-state index contributed by atoms with van der Waals surface area (Å²) < 4.78 is 10.9. The average molecular weight is 186 g/mol. The lowest BCUT2D eigenvalue weighted by molar-refractivity contribution is -0.155. The van der Waals surface area contributed by atoms with Gasteiger partial charge in [0.25, 0.3) is 0 Å². The maximum absolute atomic E-state index is 9.53. The van der Waals surface area contributed by atoms with Gasteiger partial charge in [-0.25, -0.2) is 0 Å². The summed E-state index contributed by atoms with van der Waals surface area (Å²) in [7, 11) is 0. The van der Waals surface area contributed by atoms with Crippen LogP contribution in [0.3, 0.4) is 0 Å². The van der Waals surface area contributed by atoms with Crippen LogP contribution in [0.25, 0.3) is 0 Å². The standard InChI is InChI=1S/C9H14O4/c1-9(2)12-7-5(10)3-4-6(11)8(7)13-9/h3-8,10-11H,1-2H3/t5-,6+,7+,8-. The predicted octanol–water partition coefficient (Wildman–Crippen LogP) is -0.202. The summed E-state index contributed by atoms with van der Waals surface area (Å²) in [5.41, 5.74) is 0. The van der Waals surface area contributed by atoms with Gasteiger partial charge in [-0.3, -0.25) is 0 Å². The van der Waals surface area contributed by atoms with E-state index in [1.54, 1.807) is 13.8 Å². The van der Waals surface area contributed by atoms with Crippen molar-refractivity contribution in [2.75, 3.05) is 0 Å². The van der Waals surface area contributed by atoms with E-state index in [0.717, 1.165) is 0 Å². The molecule has 1 saturated heterocycles. The summed E-state index contributed by atoms with van der Waals surface area (Å²) in [6, 6.07) is 0. The van der Waals surface area contributed by atoms with Gasteiger partial charge in [0.15, 0.2) is 5.79 Å². The fourth-order valence-electron chi connectivity index (χ4n) is 1.79. The molecule has 1 aliphatic heterocycles. The molecule has 74 valence electrons. The zero-order valence-electron chi connectivity index (χ0n) is 7.68. The van der Waals surface area contributed by atoms with Gasteiger partial charge in [0, 0.05) is 0 Å². The Morgan fingerprint density at radius 1 is 1.00 bits per heavy atom. The van der Waals surface area contributed by atoms with E-state index in [1.165, 1.54) is 12.2 Å². The molecule has 4 atom stereocenters. The van der Waals surface area contributed by atoms with E-state index in [0.29, 0.717) is 0 Å². The molecule has 0 amide bonds. The van der Waals surface area contributed by atoms with Crippen LogP contribution in [0.15, 0.2) is 12.2 Å². The van der Waals surface area contributed by atoms with Gasteiger partial charge in [-0.2, -0.15) is 0 Å². The Morgan fingerprint density at radius 3 is 1.77 bits per heavy atom. The van der Waals surface area contributed by atoms with E-state index in [2.05, 4.69) is 0 Å². The highest BCUT2D eigenvalue weighted by Crippen LogP contribution is 2.34. The van der Waals surface area contributed by atoms with Gasteiger partial charge in [0.1, 0.15) is 24.4 Å². The van der Waals surface area contributed by atoms with E-state index in [1.807, 2.05) is 0 Å². The normalized spacial score (nSPS) is 47.7. The average Bonchev–Trinajstić information content (AvgIpc) is 2.35. The molecule has 0 aromatic heterocycles. The number of hydrogen-bond donors (Lipinski definition) is 2. The Bertz CT molecular complexity index is 214. The van der Waals surface area contributed by atoms with Crippen LogP contribution >= 0.6 is 0 Å². The second-order valence-corrected chi connectivity index (χ2v) is 3.93. The molecule has 0 radical (unpaired) electrons. The predicted molar refractivity (Wildman–Crippen MR) is 45.0 cm³/mol. The smallest absolute Gasteiger partial charge is 0.164 e. The van der Waals surface area contributed by atoms with Gasteiger partial charge in [0.05, 0.1) is 0 Å². The second kappa shape index (κ2) is 2.78. The largest absolute Gasteiger partial charge is 0.386 e. The maximum atomic E-state index is 9.53. The fourth-order valence-corrected chi connectivity index (χ4v) is 1.79. The van der Waals surface area contributed by atoms with Crippen molar-refractivity contribution in [3.63, 3.8) is 0 Å². The minimum atomic E-state index is -0.719. The molecular weight excluding hydrogens is 172 g/mol. The molecule has 2 N–H and O–H groups in total. The van der Waals surface area contributed by atoms with Crippen LogP contribution in [0.1, 0.15) is 13.8 Å². The molecule has 0 bridgehead atoms. The Balaban J connectivity index is 2.21. The van der Waals surface area contributed by atoms with Gasteiger partial charge in [-0.15, -0.1) is 0 Å². The highest BCUT2D eigenvalue weighted by Gasteiger charge is 2.48. The third kappa shape index (κ3) is 1.50. The topological polar surface area (TPSA) is 58.9 Å². The number of rotatable bonds is 0. The Hall–Kier alpha value is -0.420. The Kier molecular flexibility index (Phi) is 1.96.